The number of hydrogen-bond donors (Lipinski definition) is 2. The van der Waals surface area contributed by atoms with E-state index in [1.165, 1.54) is 6.07 Å². The molecule has 0 bridgehead atoms. The van der Waals surface area contributed by atoms with Crippen LogP contribution in [0, 0.1) is 0 Å². The van der Waals surface area contributed by atoms with E-state index >= 15 is 0 Å². The van der Waals surface area contributed by atoms with E-state index in [2.05, 4.69) is 4.74 Å². The van der Waals surface area contributed by atoms with Gasteiger partial charge in [-0.05, 0) is 12.1 Å². The molecule has 0 amide bonds. The molecule has 0 saturated heterocycles. The molecule has 0 aliphatic rings. The van der Waals surface area contributed by atoms with Crippen LogP contribution in [0.2, 0.25) is 5.02 Å². The molecule has 0 heterocycles. The Labute approximate surface area is 125 Å². The number of hydrogen-bond acceptors (Lipinski definition) is 6. The van der Waals surface area contributed by atoms with Crippen LogP contribution in [0.4, 0.5) is 0 Å². The summed E-state index contributed by atoms with van der Waals surface area (Å²) in [5, 5.41) is 8.48. The molecule has 0 fully saturated rings. The zero-order valence-corrected chi connectivity index (χ0v) is 12.6. The fourth-order valence-electron chi connectivity index (χ4n) is 1.47. The predicted octanol–water partition coefficient (Wildman–Crippen LogP) is 0.498. The molecule has 1 aromatic rings. The summed E-state index contributed by atoms with van der Waals surface area (Å²) in [6, 6.07) is 2.22. The average Bonchev–Trinajstić information content (AvgIpc) is 2.43. The highest BCUT2D eigenvalue weighted by Gasteiger charge is 2.26. The fourth-order valence-corrected chi connectivity index (χ4v) is 2.95. The van der Waals surface area contributed by atoms with Crippen molar-refractivity contribution in [2.75, 3.05) is 20.8 Å². The monoisotopic (exact) mass is 337 g/mol. The highest BCUT2D eigenvalue weighted by Crippen LogP contribution is 2.32. The molecule has 1 rings (SSSR count). The summed E-state index contributed by atoms with van der Waals surface area (Å²) in [4.78, 5) is 21.6. The standard InChI is InChI=1S/C11H12ClNO7S/c1-19-10-7(11(16)20-2)3-6(12)4-8(10)21(17,18)13-5-9(14)15/h3-4,13H,5H2,1-2H3,(H,14,15). The summed E-state index contributed by atoms with van der Waals surface area (Å²) in [6.45, 7) is -0.828. The minimum atomic E-state index is -4.23. The summed E-state index contributed by atoms with van der Waals surface area (Å²) < 4.78 is 35.4. The molecule has 2 N–H and O–H groups in total. The Balaban J connectivity index is 3.45. The van der Waals surface area contributed by atoms with Crippen LogP contribution >= 0.6 is 11.6 Å². The van der Waals surface area contributed by atoms with E-state index in [1.54, 1.807) is 0 Å². The van der Waals surface area contributed by atoms with Gasteiger partial charge in [-0.25, -0.2) is 13.2 Å². The quantitative estimate of drug-likeness (QED) is 0.725. The molecule has 0 aromatic heterocycles. The Kier molecular flexibility index (Phi) is 5.53. The molecule has 0 aliphatic carbocycles. The number of carboxylic acids is 1. The van der Waals surface area contributed by atoms with E-state index in [4.69, 9.17) is 21.4 Å². The number of sulfonamides is 1. The Morgan fingerprint density at radius 3 is 2.43 bits per heavy atom. The highest BCUT2D eigenvalue weighted by atomic mass is 35.5. The van der Waals surface area contributed by atoms with Crippen LogP contribution < -0.4 is 9.46 Å². The molecule has 0 radical (unpaired) electrons. The van der Waals surface area contributed by atoms with Gasteiger partial charge in [0.05, 0.1) is 14.2 Å². The van der Waals surface area contributed by atoms with Crippen LogP contribution in [0.15, 0.2) is 17.0 Å². The fraction of sp³-hybridized carbons (Fsp3) is 0.273. The van der Waals surface area contributed by atoms with Gasteiger partial charge in [-0.15, -0.1) is 0 Å². The molecule has 8 nitrogen and oxygen atoms in total. The van der Waals surface area contributed by atoms with Crippen LogP contribution in [0.25, 0.3) is 0 Å². The highest BCUT2D eigenvalue weighted by molar-refractivity contribution is 7.89. The first-order chi connectivity index (χ1) is 9.72. The third-order valence-corrected chi connectivity index (χ3v) is 3.96. The molecule has 21 heavy (non-hydrogen) atoms. The van der Waals surface area contributed by atoms with Gasteiger partial charge in [-0.1, -0.05) is 11.6 Å². The molecule has 0 atom stereocenters. The van der Waals surface area contributed by atoms with Crippen molar-refractivity contribution in [1.29, 1.82) is 0 Å². The van der Waals surface area contributed by atoms with Gasteiger partial charge in [-0.3, -0.25) is 4.79 Å². The molecule has 0 aliphatic heterocycles. The molecule has 116 valence electrons. The molecule has 10 heteroatoms. The van der Waals surface area contributed by atoms with Crippen molar-refractivity contribution in [3.63, 3.8) is 0 Å². The van der Waals surface area contributed by atoms with Gasteiger partial charge in [0.2, 0.25) is 10.0 Å². The van der Waals surface area contributed by atoms with Crippen molar-refractivity contribution >= 4 is 33.6 Å². The van der Waals surface area contributed by atoms with Crippen LogP contribution in [-0.2, 0) is 19.6 Å². The van der Waals surface area contributed by atoms with Gasteiger partial charge in [0.25, 0.3) is 0 Å². The van der Waals surface area contributed by atoms with Crippen LogP contribution in [-0.4, -0.2) is 46.2 Å². The number of benzene rings is 1. The topological polar surface area (TPSA) is 119 Å². The maximum Gasteiger partial charge on any atom is 0.341 e. The lowest BCUT2D eigenvalue weighted by atomic mass is 10.2. The first-order valence-corrected chi connectivity index (χ1v) is 7.26. The van der Waals surface area contributed by atoms with Gasteiger partial charge in [0.1, 0.15) is 17.0 Å². The normalized spacial score (nSPS) is 11.0. The van der Waals surface area contributed by atoms with Crippen LogP contribution in [0.5, 0.6) is 5.75 Å². The van der Waals surface area contributed by atoms with Crippen LogP contribution in [0.1, 0.15) is 10.4 Å². The van der Waals surface area contributed by atoms with E-state index in [0.717, 1.165) is 20.3 Å². The molecular formula is C11H12ClNO7S. The Morgan fingerprint density at radius 1 is 1.33 bits per heavy atom. The van der Waals surface area contributed by atoms with Gasteiger partial charge in [0.15, 0.2) is 5.75 Å². The summed E-state index contributed by atoms with van der Waals surface area (Å²) in [6.07, 6.45) is 0. The minimum absolute atomic E-state index is 0.0492. The zero-order valence-electron chi connectivity index (χ0n) is 11.0. The van der Waals surface area contributed by atoms with Crippen LogP contribution in [0.3, 0.4) is 0 Å². The van der Waals surface area contributed by atoms with Gasteiger partial charge >= 0.3 is 11.9 Å². The summed E-state index contributed by atoms with van der Waals surface area (Å²) in [5.41, 5.74) is -0.191. The van der Waals surface area contributed by atoms with Crippen molar-refractivity contribution in [3.05, 3.63) is 22.7 Å². The first-order valence-electron chi connectivity index (χ1n) is 5.40. The second-order valence-corrected chi connectivity index (χ2v) is 5.87. The molecule has 0 spiro atoms. The molecule has 1 aromatic carbocycles. The van der Waals surface area contributed by atoms with E-state index < -0.39 is 33.4 Å². The van der Waals surface area contributed by atoms with Crippen molar-refractivity contribution in [1.82, 2.24) is 4.72 Å². The third-order valence-electron chi connectivity index (χ3n) is 2.33. The number of carbonyl (C=O) groups is 2. The second kappa shape index (κ2) is 6.74. The van der Waals surface area contributed by atoms with Gasteiger partial charge < -0.3 is 14.6 Å². The van der Waals surface area contributed by atoms with E-state index in [9.17, 15) is 18.0 Å². The number of methoxy groups -OCH3 is 2. The average molecular weight is 338 g/mol. The maximum absolute atomic E-state index is 12.1. The van der Waals surface area contributed by atoms with Crippen molar-refractivity contribution < 1.29 is 32.6 Å². The minimum Gasteiger partial charge on any atom is -0.494 e. The number of halogens is 1. The SMILES string of the molecule is COC(=O)c1cc(Cl)cc(S(=O)(=O)NCC(=O)O)c1OC. The second-order valence-electron chi connectivity index (χ2n) is 3.69. The van der Waals surface area contributed by atoms with Crippen molar-refractivity contribution in [2.24, 2.45) is 0 Å². The number of esters is 1. The summed E-state index contributed by atoms with van der Waals surface area (Å²) in [7, 11) is -1.96. The Bertz CT molecular complexity index is 671. The lowest BCUT2D eigenvalue weighted by molar-refractivity contribution is -0.135. The summed E-state index contributed by atoms with van der Waals surface area (Å²) in [5.74, 6) is -2.50. The molecular weight excluding hydrogens is 326 g/mol. The van der Waals surface area contributed by atoms with E-state index in [-0.39, 0.29) is 16.3 Å². The number of aliphatic carboxylic acids is 1. The number of nitrogens with one attached hydrogen (secondary N) is 1. The van der Waals surface area contributed by atoms with E-state index in [0.29, 0.717) is 0 Å². The Hall–Kier alpha value is -1.84. The smallest absolute Gasteiger partial charge is 0.341 e. The Morgan fingerprint density at radius 2 is 1.95 bits per heavy atom. The first kappa shape index (κ1) is 17.2. The van der Waals surface area contributed by atoms with E-state index in [1.807, 2.05) is 4.72 Å². The maximum atomic E-state index is 12.1. The largest absolute Gasteiger partial charge is 0.494 e. The molecule has 0 saturated carbocycles. The summed E-state index contributed by atoms with van der Waals surface area (Å²) >= 11 is 5.78. The number of carbonyl (C=O) groups excluding carboxylic acids is 1. The van der Waals surface area contributed by atoms with Gasteiger partial charge in [0, 0.05) is 5.02 Å². The lowest BCUT2D eigenvalue weighted by Crippen LogP contribution is -2.30. The molecule has 0 unspecified atom stereocenters. The van der Waals surface area contributed by atoms with Gasteiger partial charge in [-0.2, -0.15) is 4.72 Å². The third kappa shape index (κ3) is 4.06. The zero-order chi connectivity index (χ0) is 16.2. The van der Waals surface area contributed by atoms with Crippen molar-refractivity contribution in [2.45, 2.75) is 4.90 Å². The number of carboxylic acid groups (broad SMARTS) is 1. The van der Waals surface area contributed by atoms with Crippen molar-refractivity contribution in [3.8, 4) is 5.75 Å². The number of ether oxygens (including phenoxy) is 2. The number of rotatable bonds is 6. The predicted molar refractivity (Wildman–Crippen MR) is 72.2 cm³/mol. The lowest BCUT2D eigenvalue weighted by Gasteiger charge is -2.13.